The highest BCUT2D eigenvalue weighted by atomic mass is 79.9. The van der Waals surface area contributed by atoms with Crippen LogP contribution < -0.4 is 0 Å². The van der Waals surface area contributed by atoms with E-state index in [9.17, 15) is 0 Å². The zero-order valence-electron chi connectivity index (χ0n) is 6.00. The van der Waals surface area contributed by atoms with E-state index in [2.05, 4.69) is 27.5 Å². The number of rotatable bonds is 0. The molecule has 1 aromatic heterocycles. The second kappa shape index (κ2) is 2.34. The van der Waals surface area contributed by atoms with Crippen molar-refractivity contribution in [1.29, 1.82) is 0 Å². The van der Waals surface area contributed by atoms with Crippen molar-refractivity contribution in [2.24, 2.45) is 0 Å². The summed E-state index contributed by atoms with van der Waals surface area (Å²) in [5, 5.41) is 0. The number of hydrogen-bond donors (Lipinski definition) is 0. The highest BCUT2D eigenvalue weighted by molar-refractivity contribution is 9.08. The van der Waals surface area contributed by atoms with Crippen molar-refractivity contribution >= 4 is 27.2 Å². The summed E-state index contributed by atoms with van der Waals surface area (Å²) in [6.07, 6.45) is 2.80. The van der Waals surface area contributed by atoms with E-state index in [0.717, 1.165) is 11.0 Å². The van der Waals surface area contributed by atoms with Crippen molar-refractivity contribution in [2.75, 3.05) is 0 Å². The van der Waals surface area contributed by atoms with Crippen molar-refractivity contribution in [2.45, 2.75) is 6.92 Å². The van der Waals surface area contributed by atoms with E-state index in [-0.39, 0.29) is 0 Å². The molecule has 3 heteroatoms. The molecular weight excluding hydrogens is 204 g/mol. The molecule has 0 aliphatic heterocycles. The summed E-state index contributed by atoms with van der Waals surface area (Å²) in [6.45, 7) is 2.04. The zero-order chi connectivity index (χ0) is 7.84. The Morgan fingerprint density at radius 2 is 2.36 bits per heavy atom. The van der Waals surface area contributed by atoms with Crippen molar-refractivity contribution in [3.05, 3.63) is 30.1 Å². The average Bonchev–Trinajstić information content (AvgIpc) is 2.35. The Morgan fingerprint density at radius 3 is 3.09 bits per heavy atom. The van der Waals surface area contributed by atoms with Gasteiger partial charge in [0.05, 0.1) is 27.2 Å². The number of benzene rings is 1. The van der Waals surface area contributed by atoms with Gasteiger partial charge in [-0.2, -0.15) is 0 Å². The molecule has 1 radical (unpaired) electrons. The van der Waals surface area contributed by atoms with Gasteiger partial charge in [-0.05, 0) is 18.6 Å². The third kappa shape index (κ3) is 0.959. The molecular formula is C8H6BrN2. The Labute approximate surface area is 73.2 Å². The Kier molecular flexibility index (Phi) is 1.46. The monoisotopic (exact) mass is 209 g/mol. The second-order valence-corrected chi connectivity index (χ2v) is 3.14. The fraction of sp³-hybridized carbons (Fsp3) is 0.125. The second-order valence-electron chi connectivity index (χ2n) is 2.44. The van der Waals surface area contributed by atoms with Crippen molar-refractivity contribution in [3.63, 3.8) is 0 Å². The van der Waals surface area contributed by atoms with Crippen LogP contribution in [-0.4, -0.2) is 8.58 Å². The number of nitrogens with zero attached hydrogens (tertiary/aromatic N) is 2. The van der Waals surface area contributed by atoms with Gasteiger partial charge in [-0.25, -0.2) is 4.98 Å². The smallest absolute Gasteiger partial charge is 0.188 e. The molecule has 0 unspecified atom stereocenters. The Balaban J connectivity index is 2.94. The number of hydrogen-bond acceptors (Lipinski definition) is 1. The summed E-state index contributed by atoms with van der Waals surface area (Å²) in [5.74, 6) is 0. The minimum Gasteiger partial charge on any atom is -0.255 e. The highest BCUT2D eigenvalue weighted by Crippen LogP contribution is 2.17. The molecule has 0 saturated heterocycles. The zero-order valence-corrected chi connectivity index (χ0v) is 7.59. The summed E-state index contributed by atoms with van der Waals surface area (Å²) in [6, 6.07) is 6.04. The average molecular weight is 210 g/mol. The molecule has 0 saturated carbocycles. The van der Waals surface area contributed by atoms with Crippen LogP contribution >= 0.6 is 16.1 Å². The molecule has 0 aliphatic rings. The van der Waals surface area contributed by atoms with Gasteiger partial charge in [0.25, 0.3) is 0 Å². The van der Waals surface area contributed by atoms with Crippen molar-refractivity contribution in [1.82, 2.24) is 8.58 Å². The summed E-state index contributed by atoms with van der Waals surface area (Å²) in [5.41, 5.74) is 3.24. The third-order valence-electron chi connectivity index (χ3n) is 1.68. The number of aryl methyl sites for hydroxylation is 1. The van der Waals surface area contributed by atoms with Crippen LogP contribution in [-0.2, 0) is 0 Å². The predicted molar refractivity (Wildman–Crippen MR) is 47.6 cm³/mol. The van der Waals surface area contributed by atoms with Gasteiger partial charge in [-0.1, -0.05) is 12.1 Å². The molecule has 2 rings (SSSR count). The Morgan fingerprint density at radius 1 is 1.55 bits per heavy atom. The molecule has 1 heterocycles. The first-order valence-corrected chi connectivity index (χ1v) is 4.02. The highest BCUT2D eigenvalue weighted by Gasteiger charge is 2.01. The maximum Gasteiger partial charge on any atom is 0.188 e. The van der Waals surface area contributed by atoms with Gasteiger partial charge in [0.1, 0.15) is 0 Å². The third-order valence-corrected chi connectivity index (χ3v) is 2.22. The molecule has 0 spiro atoms. The molecule has 0 N–H and O–H groups in total. The maximum atomic E-state index is 4.11. The Hall–Kier alpha value is -0.830. The predicted octanol–water partition coefficient (Wildman–Crippen LogP) is 2.30. The molecule has 0 amide bonds. The van der Waals surface area contributed by atoms with E-state index in [1.165, 1.54) is 5.56 Å². The molecule has 11 heavy (non-hydrogen) atoms. The molecule has 2 aromatic rings. The van der Waals surface area contributed by atoms with Crippen molar-refractivity contribution < 1.29 is 0 Å². The minimum absolute atomic E-state index is 1.00. The molecule has 0 aliphatic carbocycles. The van der Waals surface area contributed by atoms with Crippen LogP contribution in [0, 0.1) is 13.3 Å². The van der Waals surface area contributed by atoms with Gasteiger partial charge in [0.2, 0.25) is 0 Å². The molecule has 1 aromatic carbocycles. The van der Waals surface area contributed by atoms with Gasteiger partial charge in [-0.3, -0.25) is 3.59 Å². The minimum atomic E-state index is 1.00. The van der Waals surface area contributed by atoms with Crippen LogP contribution in [0.1, 0.15) is 5.56 Å². The van der Waals surface area contributed by atoms with E-state index in [0.29, 0.717) is 0 Å². The maximum absolute atomic E-state index is 4.11. The normalized spacial score (nSPS) is 10.7. The fourth-order valence-electron chi connectivity index (χ4n) is 1.10. The number of para-hydroxylation sites is 1. The summed E-state index contributed by atoms with van der Waals surface area (Å²) in [4.78, 5) is 4.11. The van der Waals surface area contributed by atoms with Gasteiger partial charge in [-0.15, -0.1) is 0 Å². The summed E-state index contributed by atoms with van der Waals surface area (Å²) < 4.78 is 1.72. The van der Waals surface area contributed by atoms with Crippen LogP contribution in [0.25, 0.3) is 11.0 Å². The fourth-order valence-corrected chi connectivity index (χ4v) is 1.46. The standard InChI is InChI=1S/C8H6BrN2/c1-6-3-2-4-7-8(6)10-5-11(7)9/h2-4H,1H3. The lowest BCUT2D eigenvalue weighted by atomic mass is 10.2. The van der Waals surface area contributed by atoms with Crippen LogP contribution in [0.5, 0.6) is 0 Å². The van der Waals surface area contributed by atoms with Gasteiger partial charge >= 0.3 is 0 Å². The Bertz CT molecular complexity index is 392. The SMILES string of the molecule is Cc1cccc2c1n[c]n2Br. The van der Waals surface area contributed by atoms with E-state index in [4.69, 9.17) is 0 Å². The van der Waals surface area contributed by atoms with Crippen LogP contribution in [0.15, 0.2) is 18.2 Å². The van der Waals surface area contributed by atoms with Crippen LogP contribution in [0.3, 0.4) is 0 Å². The van der Waals surface area contributed by atoms with E-state index < -0.39 is 0 Å². The number of fused-ring (bicyclic) bond motifs is 1. The van der Waals surface area contributed by atoms with E-state index in [1.807, 2.05) is 25.1 Å². The summed E-state index contributed by atoms with van der Waals surface area (Å²) in [7, 11) is 0. The van der Waals surface area contributed by atoms with Crippen LogP contribution in [0.2, 0.25) is 0 Å². The van der Waals surface area contributed by atoms with Crippen LogP contribution in [0.4, 0.5) is 0 Å². The topological polar surface area (TPSA) is 17.8 Å². The number of aromatic nitrogens is 2. The lowest BCUT2D eigenvalue weighted by molar-refractivity contribution is 1.26. The number of halogens is 1. The van der Waals surface area contributed by atoms with E-state index in [1.54, 1.807) is 3.59 Å². The molecule has 0 fully saturated rings. The van der Waals surface area contributed by atoms with Gasteiger partial charge in [0.15, 0.2) is 6.33 Å². The first-order valence-electron chi connectivity index (χ1n) is 3.31. The van der Waals surface area contributed by atoms with Gasteiger partial charge in [0, 0.05) is 0 Å². The molecule has 2 nitrogen and oxygen atoms in total. The quantitative estimate of drug-likeness (QED) is 0.652. The first-order chi connectivity index (χ1) is 5.29. The van der Waals surface area contributed by atoms with E-state index >= 15 is 0 Å². The number of imidazole rings is 1. The lowest BCUT2D eigenvalue weighted by Gasteiger charge is -1.93. The molecule has 0 atom stereocenters. The summed E-state index contributed by atoms with van der Waals surface area (Å²) >= 11 is 3.30. The molecule has 55 valence electrons. The molecule has 0 bridgehead atoms. The lowest BCUT2D eigenvalue weighted by Crippen LogP contribution is -1.77. The van der Waals surface area contributed by atoms with Crippen molar-refractivity contribution in [3.8, 4) is 0 Å². The first kappa shape index (κ1) is 6.85. The van der Waals surface area contributed by atoms with Gasteiger partial charge < -0.3 is 0 Å². The largest absolute Gasteiger partial charge is 0.255 e.